The fourth-order valence-electron chi connectivity index (χ4n) is 2.70. The van der Waals surface area contributed by atoms with Gasteiger partial charge in [-0.15, -0.1) is 0 Å². The maximum absolute atomic E-state index is 9.56. The van der Waals surface area contributed by atoms with E-state index in [0.29, 0.717) is 19.8 Å². The Bertz CT molecular complexity index is 619. The predicted molar refractivity (Wildman–Crippen MR) is 87.7 cm³/mol. The molecule has 0 radical (unpaired) electrons. The smallest absolute Gasteiger partial charge is 0.165 e. The van der Waals surface area contributed by atoms with Crippen molar-refractivity contribution in [2.45, 2.75) is 13.0 Å². The summed E-state index contributed by atoms with van der Waals surface area (Å²) in [5.74, 6) is 1.78. The average Bonchev–Trinajstić information content (AvgIpc) is 2.62. The summed E-state index contributed by atoms with van der Waals surface area (Å²) in [6.45, 7) is 2.72. The highest BCUT2D eigenvalue weighted by molar-refractivity contribution is 5.47. The summed E-state index contributed by atoms with van der Waals surface area (Å²) < 4.78 is 11.3. The van der Waals surface area contributed by atoms with Crippen molar-refractivity contribution in [2.75, 3.05) is 26.4 Å². The van der Waals surface area contributed by atoms with Gasteiger partial charge >= 0.3 is 0 Å². The molecule has 0 amide bonds. The molecule has 1 unspecified atom stereocenters. The van der Waals surface area contributed by atoms with Gasteiger partial charge in [0.25, 0.3) is 0 Å². The molecule has 1 aromatic heterocycles. The molecule has 1 aliphatic rings. The molecule has 2 heterocycles. The SMILES string of the molecule is OCC(CNCc1cccc2c1OCCO2)Cc1ccccn1. The van der Waals surface area contributed by atoms with E-state index in [-0.39, 0.29) is 12.5 Å². The maximum Gasteiger partial charge on any atom is 0.165 e. The molecule has 1 aromatic carbocycles. The van der Waals surface area contributed by atoms with Gasteiger partial charge < -0.3 is 19.9 Å². The molecule has 0 aliphatic carbocycles. The van der Waals surface area contributed by atoms with Gasteiger partial charge in [0.2, 0.25) is 0 Å². The van der Waals surface area contributed by atoms with Gasteiger partial charge in [0.1, 0.15) is 13.2 Å². The minimum atomic E-state index is 0.135. The lowest BCUT2D eigenvalue weighted by Gasteiger charge is -2.21. The number of aromatic nitrogens is 1. The number of fused-ring (bicyclic) bond motifs is 1. The molecule has 3 rings (SSSR count). The molecule has 23 heavy (non-hydrogen) atoms. The summed E-state index contributed by atoms with van der Waals surface area (Å²) in [5, 5.41) is 13.0. The van der Waals surface area contributed by atoms with Gasteiger partial charge in [0.15, 0.2) is 11.5 Å². The largest absolute Gasteiger partial charge is 0.486 e. The topological polar surface area (TPSA) is 63.6 Å². The minimum absolute atomic E-state index is 0.135. The minimum Gasteiger partial charge on any atom is -0.486 e. The number of aliphatic hydroxyl groups excluding tert-OH is 1. The molecular weight excluding hydrogens is 292 g/mol. The lowest BCUT2D eigenvalue weighted by atomic mass is 10.0. The summed E-state index contributed by atoms with van der Waals surface area (Å²) >= 11 is 0. The molecule has 0 bridgehead atoms. The number of ether oxygens (including phenoxy) is 2. The fraction of sp³-hybridized carbons (Fsp3) is 0.389. The van der Waals surface area contributed by atoms with Gasteiger partial charge in [-0.05, 0) is 30.5 Å². The Labute approximate surface area is 136 Å². The van der Waals surface area contributed by atoms with Gasteiger partial charge in [-0.1, -0.05) is 18.2 Å². The van der Waals surface area contributed by atoms with Crippen LogP contribution in [0.3, 0.4) is 0 Å². The Morgan fingerprint density at radius 3 is 2.87 bits per heavy atom. The molecule has 0 saturated carbocycles. The van der Waals surface area contributed by atoms with E-state index in [1.807, 2.05) is 36.4 Å². The zero-order valence-corrected chi connectivity index (χ0v) is 13.1. The van der Waals surface area contributed by atoms with E-state index in [0.717, 1.165) is 35.7 Å². The van der Waals surface area contributed by atoms with Crippen molar-refractivity contribution in [3.05, 3.63) is 53.9 Å². The number of rotatable bonds is 7. The van der Waals surface area contributed by atoms with Crippen LogP contribution in [0.25, 0.3) is 0 Å². The van der Waals surface area contributed by atoms with Gasteiger partial charge in [-0.25, -0.2) is 0 Å². The molecule has 0 saturated heterocycles. The molecule has 122 valence electrons. The van der Waals surface area contributed by atoms with Crippen LogP contribution < -0.4 is 14.8 Å². The van der Waals surface area contributed by atoms with Crippen LogP contribution in [0.5, 0.6) is 11.5 Å². The van der Waals surface area contributed by atoms with E-state index in [2.05, 4.69) is 10.3 Å². The van der Waals surface area contributed by atoms with Crippen molar-refractivity contribution in [3.63, 3.8) is 0 Å². The highest BCUT2D eigenvalue weighted by Gasteiger charge is 2.16. The van der Waals surface area contributed by atoms with Crippen molar-refractivity contribution in [1.29, 1.82) is 0 Å². The lowest BCUT2D eigenvalue weighted by Crippen LogP contribution is -2.27. The third-order valence-electron chi connectivity index (χ3n) is 3.88. The molecule has 2 aromatic rings. The molecule has 5 nitrogen and oxygen atoms in total. The number of nitrogens with one attached hydrogen (secondary N) is 1. The van der Waals surface area contributed by atoms with Crippen molar-refractivity contribution in [1.82, 2.24) is 10.3 Å². The molecule has 0 spiro atoms. The highest BCUT2D eigenvalue weighted by Crippen LogP contribution is 2.33. The summed E-state index contributed by atoms with van der Waals surface area (Å²) in [5.41, 5.74) is 2.08. The van der Waals surface area contributed by atoms with Crippen LogP contribution in [0, 0.1) is 5.92 Å². The molecule has 1 aliphatic heterocycles. The first kappa shape index (κ1) is 15.8. The van der Waals surface area contributed by atoms with Crippen LogP contribution in [-0.4, -0.2) is 36.5 Å². The summed E-state index contributed by atoms with van der Waals surface area (Å²) in [7, 11) is 0. The molecule has 5 heteroatoms. The van der Waals surface area contributed by atoms with Crippen LogP contribution >= 0.6 is 0 Å². The van der Waals surface area contributed by atoms with Crippen LogP contribution in [0.15, 0.2) is 42.6 Å². The monoisotopic (exact) mass is 314 g/mol. The second-order valence-electron chi connectivity index (χ2n) is 5.65. The van der Waals surface area contributed by atoms with E-state index < -0.39 is 0 Å². The number of hydrogen-bond donors (Lipinski definition) is 2. The van der Waals surface area contributed by atoms with Crippen LogP contribution in [0.4, 0.5) is 0 Å². The molecular formula is C18H22N2O3. The first-order chi connectivity index (χ1) is 11.4. The Morgan fingerprint density at radius 1 is 1.13 bits per heavy atom. The zero-order valence-electron chi connectivity index (χ0n) is 13.1. The van der Waals surface area contributed by atoms with Crippen LogP contribution in [-0.2, 0) is 13.0 Å². The van der Waals surface area contributed by atoms with Crippen LogP contribution in [0.2, 0.25) is 0 Å². The molecule has 1 atom stereocenters. The third-order valence-corrected chi connectivity index (χ3v) is 3.88. The fourth-order valence-corrected chi connectivity index (χ4v) is 2.70. The number of aliphatic hydroxyl groups is 1. The Kier molecular flexibility index (Phi) is 5.45. The van der Waals surface area contributed by atoms with Crippen molar-refractivity contribution in [3.8, 4) is 11.5 Å². The maximum atomic E-state index is 9.56. The van der Waals surface area contributed by atoms with E-state index in [1.165, 1.54) is 0 Å². The van der Waals surface area contributed by atoms with Gasteiger partial charge in [-0.3, -0.25) is 4.98 Å². The second-order valence-corrected chi connectivity index (χ2v) is 5.65. The number of pyridine rings is 1. The highest BCUT2D eigenvalue weighted by atomic mass is 16.6. The Hall–Kier alpha value is -2.11. The van der Waals surface area contributed by atoms with E-state index in [4.69, 9.17) is 9.47 Å². The molecule has 2 N–H and O–H groups in total. The number of para-hydroxylation sites is 1. The van der Waals surface area contributed by atoms with E-state index in [9.17, 15) is 5.11 Å². The predicted octanol–water partition coefficient (Wildman–Crippen LogP) is 1.79. The quantitative estimate of drug-likeness (QED) is 0.816. The van der Waals surface area contributed by atoms with Crippen LogP contribution in [0.1, 0.15) is 11.3 Å². The summed E-state index contributed by atoms with van der Waals surface area (Å²) in [4.78, 5) is 4.31. The Morgan fingerprint density at radius 2 is 2.04 bits per heavy atom. The average molecular weight is 314 g/mol. The number of hydrogen-bond acceptors (Lipinski definition) is 5. The van der Waals surface area contributed by atoms with Crippen molar-refractivity contribution in [2.24, 2.45) is 5.92 Å². The van der Waals surface area contributed by atoms with Gasteiger partial charge in [-0.2, -0.15) is 0 Å². The third kappa shape index (κ3) is 4.21. The number of benzene rings is 1. The standard InChI is InChI=1S/C18H22N2O3/c21-13-14(10-16-5-1-2-7-20-16)11-19-12-15-4-3-6-17-18(15)23-9-8-22-17/h1-7,14,19,21H,8-13H2. The summed E-state index contributed by atoms with van der Waals surface area (Å²) in [6.07, 6.45) is 2.54. The summed E-state index contributed by atoms with van der Waals surface area (Å²) in [6, 6.07) is 11.8. The first-order valence-corrected chi connectivity index (χ1v) is 7.96. The van der Waals surface area contributed by atoms with E-state index in [1.54, 1.807) is 6.20 Å². The van der Waals surface area contributed by atoms with Crippen molar-refractivity contribution >= 4 is 0 Å². The van der Waals surface area contributed by atoms with E-state index >= 15 is 0 Å². The Balaban J connectivity index is 1.54. The number of nitrogens with zero attached hydrogens (tertiary/aromatic N) is 1. The normalized spacial score (nSPS) is 14.5. The van der Waals surface area contributed by atoms with Gasteiger partial charge in [0.05, 0.1) is 0 Å². The van der Waals surface area contributed by atoms with Crippen molar-refractivity contribution < 1.29 is 14.6 Å². The second kappa shape index (κ2) is 7.94. The zero-order chi connectivity index (χ0) is 15.9. The first-order valence-electron chi connectivity index (χ1n) is 7.96. The molecule has 0 fully saturated rings. The lowest BCUT2D eigenvalue weighted by molar-refractivity contribution is 0.169. The van der Waals surface area contributed by atoms with Gasteiger partial charge in [0, 0.05) is 37.2 Å².